The molecule has 0 N–H and O–H groups in total. The first kappa shape index (κ1) is 26.3. The molecule has 194 valence electrons. The van der Waals surface area contributed by atoms with Crippen molar-refractivity contribution < 1.29 is 23.0 Å². The number of amides is 1. The van der Waals surface area contributed by atoms with E-state index in [-0.39, 0.29) is 17.2 Å². The molecule has 0 unspecified atom stereocenters. The maximum atomic E-state index is 13.8. The first-order valence-corrected chi connectivity index (χ1v) is 12.6. The predicted molar refractivity (Wildman–Crippen MR) is 138 cm³/mol. The third-order valence-electron chi connectivity index (χ3n) is 6.14. The number of allylic oxidation sites excluding steroid dienone is 1. The summed E-state index contributed by atoms with van der Waals surface area (Å²) < 4.78 is 36.9. The fourth-order valence-electron chi connectivity index (χ4n) is 4.36. The largest absolute Gasteiger partial charge is 0.496 e. The van der Waals surface area contributed by atoms with E-state index in [2.05, 4.69) is 9.73 Å². The molecule has 1 amide bonds. The predicted octanol–water partition coefficient (Wildman–Crippen LogP) is 3.71. The molecule has 1 aliphatic heterocycles. The second-order valence-corrected chi connectivity index (χ2v) is 9.26. The minimum Gasteiger partial charge on any atom is -0.496 e. The van der Waals surface area contributed by atoms with Crippen LogP contribution >= 0.6 is 11.3 Å². The SMILES string of the molecule is CCN(CC)C(=O)C1=C(C)N=c2s/c(=C\c3ccc(OC(F)F)cc3)c(=O)n2[C@@H]1c1ccccc1OC. The lowest BCUT2D eigenvalue weighted by atomic mass is 9.94. The highest BCUT2D eigenvalue weighted by Gasteiger charge is 2.35. The molecule has 7 nitrogen and oxygen atoms in total. The molecule has 1 aliphatic rings. The average Bonchev–Trinajstić information content (AvgIpc) is 3.18. The van der Waals surface area contributed by atoms with Gasteiger partial charge < -0.3 is 14.4 Å². The summed E-state index contributed by atoms with van der Waals surface area (Å²) in [5, 5.41) is 0. The average molecular weight is 528 g/mol. The van der Waals surface area contributed by atoms with Crippen LogP contribution in [-0.2, 0) is 4.79 Å². The Morgan fingerprint density at radius 2 is 1.84 bits per heavy atom. The van der Waals surface area contributed by atoms with Gasteiger partial charge in [-0.2, -0.15) is 8.78 Å². The quantitative estimate of drug-likeness (QED) is 0.448. The number of ether oxygens (including phenoxy) is 2. The van der Waals surface area contributed by atoms with Crippen LogP contribution in [-0.4, -0.2) is 42.2 Å². The summed E-state index contributed by atoms with van der Waals surface area (Å²) in [6, 6.07) is 12.6. The van der Waals surface area contributed by atoms with Crippen LogP contribution in [0.5, 0.6) is 11.5 Å². The number of methoxy groups -OCH3 is 1. The minimum atomic E-state index is -2.92. The molecule has 2 heterocycles. The smallest absolute Gasteiger partial charge is 0.387 e. The van der Waals surface area contributed by atoms with Crippen LogP contribution in [0.25, 0.3) is 6.08 Å². The number of aromatic nitrogens is 1. The number of para-hydroxylation sites is 1. The van der Waals surface area contributed by atoms with E-state index < -0.39 is 12.7 Å². The summed E-state index contributed by atoms with van der Waals surface area (Å²) in [6.07, 6.45) is 1.67. The number of hydrogen-bond acceptors (Lipinski definition) is 6. The van der Waals surface area contributed by atoms with E-state index in [4.69, 9.17) is 4.74 Å². The van der Waals surface area contributed by atoms with E-state index in [9.17, 15) is 18.4 Å². The van der Waals surface area contributed by atoms with Gasteiger partial charge in [-0.25, -0.2) is 4.99 Å². The Morgan fingerprint density at radius 1 is 1.16 bits per heavy atom. The number of nitrogens with zero attached hydrogens (tertiary/aromatic N) is 3. The minimum absolute atomic E-state index is 0.0277. The summed E-state index contributed by atoms with van der Waals surface area (Å²) in [5.74, 6) is 0.391. The molecular weight excluding hydrogens is 500 g/mol. The Kier molecular flexibility index (Phi) is 7.87. The number of carbonyl (C=O) groups is 1. The molecule has 1 aromatic heterocycles. The van der Waals surface area contributed by atoms with Crippen LogP contribution in [0.3, 0.4) is 0 Å². The van der Waals surface area contributed by atoms with E-state index in [1.54, 1.807) is 43.2 Å². The van der Waals surface area contributed by atoms with Crippen molar-refractivity contribution in [2.75, 3.05) is 20.2 Å². The van der Waals surface area contributed by atoms with E-state index in [1.807, 2.05) is 32.0 Å². The summed E-state index contributed by atoms with van der Waals surface area (Å²) in [5.41, 5.74) is 1.95. The molecule has 0 radical (unpaired) electrons. The van der Waals surface area contributed by atoms with Crippen molar-refractivity contribution in [3.63, 3.8) is 0 Å². The molecule has 1 atom stereocenters. The van der Waals surface area contributed by atoms with Crippen molar-refractivity contribution in [2.45, 2.75) is 33.4 Å². The zero-order valence-corrected chi connectivity index (χ0v) is 21.7. The van der Waals surface area contributed by atoms with Crippen LogP contribution in [0.4, 0.5) is 8.78 Å². The fraction of sp³-hybridized carbons (Fsp3) is 0.296. The van der Waals surface area contributed by atoms with Gasteiger partial charge in [0.2, 0.25) is 0 Å². The Morgan fingerprint density at radius 3 is 2.46 bits per heavy atom. The maximum Gasteiger partial charge on any atom is 0.387 e. The van der Waals surface area contributed by atoms with E-state index >= 15 is 0 Å². The van der Waals surface area contributed by atoms with Gasteiger partial charge in [-0.1, -0.05) is 41.7 Å². The Labute approximate surface area is 216 Å². The van der Waals surface area contributed by atoms with Gasteiger partial charge in [0.15, 0.2) is 4.80 Å². The summed E-state index contributed by atoms with van der Waals surface area (Å²) in [7, 11) is 1.55. The van der Waals surface area contributed by atoms with Crippen molar-refractivity contribution in [3.8, 4) is 11.5 Å². The summed E-state index contributed by atoms with van der Waals surface area (Å²) in [4.78, 5) is 34.2. The number of carbonyl (C=O) groups excluding carboxylic acids is 1. The molecule has 0 saturated heterocycles. The number of benzene rings is 2. The number of fused-ring (bicyclic) bond motifs is 1. The first-order valence-electron chi connectivity index (χ1n) is 11.8. The number of likely N-dealkylation sites (N-methyl/N-ethyl adjacent to an activating group) is 1. The Balaban J connectivity index is 1.90. The van der Waals surface area contributed by atoms with Gasteiger partial charge in [0, 0.05) is 18.7 Å². The molecule has 37 heavy (non-hydrogen) atoms. The molecule has 2 aromatic carbocycles. The van der Waals surface area contributed by atoms with Gasteiger partial charge in [0.25, 0.3) is 11.5 Å². The zero-order chi connectivity index (χ0) is 26.7. The zero-order valence-electron chi connectivity index (χ0n) is 20.9. The standard InChI is InChI=1S/C27H27F2N3O4S/c1-5-31(6-2)25(34)22-16(3)30-27-32(23(22)19-9-7-8-10-20(19)35-4)24(33)21(37-27)15-17-11-13-18(14-12-17)36-26(28)29/h7-15,23,26H,5-6H2,1-4H3/b21-15-/t23-/m1/s1. The lowest BCUT2D eigenvalue weighted by Crippen LogP contribution is -2.43. The van der Waals surface area contributed by atoms with Crippen molar-refractivity contribution in [2.24, 2.45) is 4.99 Å². The summed E-state index contributed by atoms with van der Waals surface area (Å²) >= 11 is 1.20. The highest BCUT2D eigenvalue weighted by Crippen LogP contribution is 2.36. The lowest BCUT2D eigenvalue weighted by molar-refractivity contribution is -0.127. The second kappa shape index (κ2) is 11.1. The molecule has 0 bridgehead atoms. The van der Waals surface area contributed by atoms with Gasteiger partial charge in [-0.3, -0.25) is 14.2 Å². The number of rotatable bonds is 8. The van der Waals surface area contributed by atoms with E-state index in [0.29, 0.717) is 50.6 Å². The van der Waals surface area contributed by atoms with Crippen LogP contribution in [0.15, 0.2) is 69.6 Å². The lowest BCUT2D eigenvalue weighted by Gasteiger charge is -2.29. The molecule has 0 saturated carbocycles. The van der Waals surface area contributed by atoms with Crippen molar-refractivity contribution in [3.05, 3.63) is 90.6 Å². The first-order chi connectivity index (χ1) is 17.8. The van der Waals surface area contributed by atoms with E-state index in [0.717, 1.165) is 0 Å². The van der Waals surface area contributed by atoms with E-state index in [1.165, 1.54) is 28.0 Å². The van der Waals surface area contributed by atoms with Gasteiger partial charge in [-0.15, -0.1) is 0 Å². The fourth-order valence-corrected chi connectivity index (χ4v) is 5.41. The van der Waals surface area contributed by atoms with Gasteiger partial charge in [0.05, 0.1) is 22.9 Å². The number of halogens is 2. The van der Waals surface area contributed by atoms with Gasteiger partial charge in [0.1, 0.15) is 17.5 Å². The van der Waals surface area contributed by atoms with Gasteiger partial charge >= 0.3 is 6.61 Å². The molecule has 0 aliphatic carbocycles. The number of thiazole rings is 1. The van der Waals surface area contributed by atoms with Crippen molar-refractivity contribution in [1.29, 1.82) is 0 Å². The highest BCUT2D eigenvalue weighted by molar-refractivity contribution is 7.07. The van der Waals surface area contributed by atoms with Gasteiger partial charge in [-0.05, 0) is 50.6 Å². The van der Waals surface area contributed by atoms with Crippen molar-refractivity contribution in [1.82, 2.24) is 9.47 Å². The molecular formula is C27H27F2N3O4S. The van der Waals surface area contributed by atoms with Crippen molar-refractivity contribution >= 4 is 23.3 Å². The Hall–Kier alpha value is -3.79. The maximum absolute atomic E-state index is 13.8. The normalized spacial score (nSPS) is 15.4. The monoisotopic (exact) mass is 527 g/mol. The third kappa shape index (κ3) is 5.20. The molecule has 4 rings (SSSR count). The molecule has 3 aromatic rings. The van der Waals surface area contributed by atoms with Crippen LogP contribution in [0.1, 0.15) is 37.9 Å². The van der Waals surface area contributed by atoms with Crippen LogP contribution < -0.4 is 24.4 Å². The third-order valence-corrected chi connectivity index (χ3v) is 7.12. The molecule has 10 heteroatoms. The molecule has 0 fully saturated rings. The Bertz CT molecular complexity index is 1510. The highest BCUT2D eigenvalue weighted by atomic mass is 32.1. The summed E-state index contributed by atoms with van der Waals surface area (Å²) in [6.45, 7) is 3.70. The van der Waals surface area contributed by atoms with Crippen LogP contribution in [0, 0.1) is 0 Å². The number of hydrogen-bond donors (Lipinski definition) is 0. The van der Waals surface area contributed by atoms with Crippen LogP contribution in [0.2, 0.25) is 0 Å². The number of alkyl halides is 2. The second-order valence-electron chi connectivity index (χ2n) is 8.25. The molecule has 0 spiro atoms. The topological polar surface area (TPSA) is 73.1 Å².